The minimum atomic E-state index is -0.663. The number of allylic oxidation sites excluding steroid dienone is 4. The quantitative estimate of drug-likeness (QED) is 0.408. The Balaban J connectivity index is -0.0000000582. The summed E-state index contributed by atoms with van der Waals surface area (Å²) in [5.74, 6) is 5.11. The van der Waals surface area contributed by atoms with Crippen LogP contribution in [-0.2, 0) is 26.2 Å². The molecule has 1 aliphatic carbocycles. The summed E-state index contributed by atoms with van der Waals surface area (Å²) in [6.07, 6.45) is 3.63. The van der Waals surface area contributed by atoms with Crippen LogP contribution in [0.2, 0.25) is 18.1 Å². The van der Waals surface area contributed by atoms with Gasteiger partial charge in [-0.2, -0.15) is 28.8 Å². The predicted octanol–water partition coefficient (Wildman–Crippen LogP) is 0.207. The van der Waals surface area contributed by atoms with Gasteiger partial charge in [0.25, 0.3) is 0 Å². The molecule has 0 saturated heterocycles. The molecule has 136 valence electrons. The van der Waals surface area contributed by atoms with Gasteiger partial charge in [0.2, 0.25) is 0 Å². The van der Waals surface area contributed by atoms with E-state index in [9.17, 15) is 0 Å². The van der Waals surface area contributed by atoms with E-state index in [0.717, 1.165) is 8.19 Å². The van der Waals surface area contributed by atoms with Gasteiger partial charge in [-0.25, -0.2) is 11.6 Å². The number of hydrogen-bond acceptors (Lipinski definition) is 0. The third-order valence-electron chi connectivity index (χ3n) is 3.95. The van der Waals surface area contributed by atoms with Crippen LogP contribution in [0.4, 0.5) is 0 Å². The van der Waals surface area contributed by atoms with Crippen molar-refractivity contribution in [1.29, 1.82) is 0 Å². The van der Waals surface area contributed by atoms with Gasteiger partial charge in [0.05, 0.1) is 0 Å². The maximum absolute atomic E-state index is 3.63. The monoisotopic (exact) mass is 467 g/mol. The molecule has 0 aliphatic heterocycles. The standard InChI is InChI=1S/C11H19Si.C4H4P.3CH3.2ClH.Zr/c1-8-7-11(4,12(5)6)10(3)9(8)2;1-2-4-5-3-1;;;;;;/h12H,1-6H3;1-3,5H;3*1H3;2*1H;/q5*-1;;;+2/p-2. The van der Waals surface area contributed by atoms with Crippen LogP contribution in [0.1, 0.15) is 27.7 Å². The maximum atomic E-state index is 3.63. The summed E-state index contributed by atoms with van der Waals surface area (Å²) >= 11 is 0. The second-order valence-electron chi connectivity index (χ2n) is 5.17. The Bertz CT molecular complexity index is 411. The number of halogens is 2. The van der Waals surface area contributed by atoms with Crippen molar-refractivity contribution in [3.05, 3.63) is 68.8 Å². The van der Waals surface area contributed by atoms with Crippen LogP contribution < -0.4 is 24.8 Å². The van der Waals surface area contributed by atoms with Crippen LogP contribution in [-0.4, -0.2) is 8.80 Å². The van der Waals surface area contributed by atoms with Crippen molar-refractivity contribution < 1.29 is 51.0 Å². The first kappa shape index (κ1) is 39.1. The molecule has 0 nitrogen and oxygen atoms in total. The number of rotatable bonds is 1. The van der Waals surface area contributed by atoms with Crippen LogP contribution in [0.25, 0.3) is 0 Å². The molecule has 0 N–H and O–H groups in total. The summed E-state index contributed by atoms with van der Waals surface area (Å²) in [6.45, 7) is 13.8. The molecular weight excluding hydrogens is 437 g/mol. The van der Waals surface area contributed by atoms with Gasteiger partial charge in [-0.1, -0.05) is 38.9 Å². The zero-order valence-corrected chi connectivity index (χ0v) is 22.2. The molecule has 2 rings (SSSR count). The van der Waals surface area contributed by atoms with Crippen molar-refractivity contribution in [1.82, 2.24) is 0 Å². The van der Waals surface area contributed by atoms with Gasteiger partial charge in [-0.15, -0.1) is 6.92 Å². The third-order valence-corrected chi connectivity index (χ3v) is 7.53. The minimum absolute atomic E-state index is 0. The van der Waals surface area contributed by atoms with Crippen molar-refractivity contribution in [3.63, 3.8) is 0 Å². The van der Waals surface area contributed by atoms with Crippen LogP contribution in [0, 0.1) is 34.2 Å². The van der Waals surface area contributed by atoms with E-state index in [1.165, 1.54) is 11.1 Å². The summed E-state index contributed by atoms with van der Waals surface area (Å²) in [5, 5.41) is 0.328. The molecule has 2 unspecified atom stereocenters. The molecule has 0 bridgehead atoms. The van der Waals surface area contributed by atoms with Crippen LogP contribution in [0.15, 0.2) is 34.7 Å². The molecule has 0 spiro atoms. The Hall–Kier alpha value is 0.940. The number of hydrogen-bond donors (Lipinski definition) is 0. The van der Waals surface area contributed by atoms with Gasteiger partial charge in [0.1, 0.15) is 0 Å². The van der Waals surface area contributed by atoms with E-state index in [4.69, 9.17) is 0 Å². The molecule has 1 aromatic heterocycles. The molecule has 1 aliphatic rings. The van der Waals surface area contributed by atoms with Gasteiger partial charge in [0.15, 0.2) is 0 Å². The van der Waals surface area contributed by atoms with E-state index in [1.807, 2.05) is 12.1 Å². The summed E-state index contributed by atoms with van der Waals surface area (Å²) in [5.41, 5.74) is 4.40. The van der Waals surface area contributed by atoms with Gasteiger partial charge in [0, 0.05) is 8.80 Å². The molecule has 0 saturated carbocycles. The van der Waals surface area contributed by atoms with Crippen LogP contribution >= 0.6 is 8.19 Å². The maximum Gasteiger partial charge on any atom is 2.00 e. The Kier molecular flexibility index (Phi) is 30.2. The van der Waals surface area contributed by atoms with Crippen molar-refractivity contribution in [3.8, 4) is 0 Å². The Morgan fingerprint density at radius 2 is 1.52 bits per heavy atom. The smallest absolute Gasteiger partial charge is 1.00 e. The normalized spacial score (nSPS) is 17.8. The fraction of sp³-hybridized carbons (Fsp3) is 0.389. The van der Waals surface area contributed by atoms with Crippen molar-refractivity contribution >= 4 is 17.0 Å². The Labute approximate surface area is 181 Å². The summed E-state index contributed by atoms with van der Waals surface area (Å²) in [7, 11) is 0.160. The third kappa shape index (κ3) is 10.5. The molecule has 1 aromatic rings. The van der Waals surface area contributed by atoms with Crippen molar-refractivity contribution in [2.45, 2.75) is 45.8 Å². The molecular formula is C18H32Cl2PSiZr-5. The Morgan fingerprint density at radius 1 is 1.04 bits per heavy atom. The van der Waals surface area contributed by atoms with Crippen LogP contribution in [0.5, 0.6) is 0 Å². The second-order valence-corrected chi connectivity index (χ2v) is 9.55. The van der Waals surface area contributed by atoms with Crippen LogP contribution in [0.3, 0.4) is 0 Å². The molecule has 1 heterocycles. The SMILES string of the molecule is CC1=[C-]C(C)([SiH](C)C)C(C)=C1C.[CH3-].[CH3-].[CH3-].[Cl-].[Cl-].[Zr+2].[c-]1ccc[pH]1. The summed E-state index contributed by atoms with van der Waals surface area (Å²) in [6, 6.07) is 3.96. The van der Waals surface area contributed by atoms with Crippen molar-refractivity contribution in [2.75, 3.05) is 0 Å². The van der Waals surface area contributed by atoms with Gasteiger partial charge < -0.3 is 47.1 Å². The van der Waals surface area contributed by atoms with Crippen molar-refractivity contribution in [2.24, 2.45) is 0 Å². The average molecular weight is 470 g/mol. The first-order valence-electron chi connectivity index (χ1n) is 6.19. The molecule has 0 radical (unpaired) electrons. The van der Waals surface area contributed by atoms with E-state index in [-0.39, 0.29) is 73.3 Å². The van der Waals surface area contributed by atoms with E-state index >= 15 is 0 Å². The molecule has 0 amide bonds. The zero-order valence-electron chi connectivity index (χ0n) is 16.1. The van der Waals surface area contributed by atoms with E-state index in [0.29, 0.717) is 5.04 Å². The predicted molar refractivity (Wildman–Crippen MR) is 102 cm³/mol. The van der Waals surface area contributed by atoms with Gasteiger partial charge >= 0.3 is 26.2 Å². The molecule has 5 heteroatoms. The minimum Gasteiger partial charge on any atom is -1.00 e. The zero-order chi connectivity index (χ0) is 13.1. The molecule has 0 fully saturated rings. The molecule has 0 aromatic carbocycles. The fourth-order valence-corrected chi connectivity index (χ4v) is 4.13. The molecule has 23 heavy (non-hydrogen) atoms. The molecule has 2 atom stereocenters. The first-order valence-corrected chi connectivity index (χ1v) is 10.2. The first-order chi connectivity index (χ1) is 7.89. The second kappa shape index (κ2) is 17.8. The van der Waals surface area contributed by atoms with E-state index in [1.54, 1.807) is 5.57 Å². The Morgan fingerprint density at radius 3 is 1.65 bits per heavy atom. The van der Waals surface area contributed by atoms with E-state index < -0.39 is 8.80 Å². The average Bonchev–Trinajstić information content (AvgIpc) is 2.89. The fourth-order valence-electron chi connectivity index (χ4n) is 2.07. The van der Waals surface area contributed by atoms with Gasteiger partial charge in [-0.3, -0.25) is 14.3 Å². The topological polar surface area (TPSA) is 0 Å². The summed E-state index contributed by atoms with van der Waals surface area (Å²) < 4.78 is 0. The van der Waals surface area contributed by atoms with Gasteiger partial charge in [-0.05, 0) is 0 Å². The largest absolute Gasteiger partial charge is 2.00 e. The summed E-state index contributed by atoms with van der Waals surface area (Å²) in [4.78, 5) is 0. The van der Waals surface area contributed by atoms with E-state index in [2.05, 4.69) is 58.5 Å².